The predicted molar refractivity (Wildman–Crippen MR) is 200 cm³/mol. The SMILES string of the molecule is [2H]c1c([2H])c([2H])c(-c2ccc3c(ccc4c3oc3cccc(-c5c6ccccc6c(-c6ccc7ccccc7c6)c6ccccc56)c34)c2)c([2H])c1[2H]. The van der Waals surface area contributed by atoms with Crippen molar-refractivity contribution in [2.75, 3.05) is 0 Å². The maximum atomic E-state index is 8.51. The summed E-state index contributed by atoms with van der Waals surface area (Å²) in [5, 5.41) is 10.9. The second-order valence-electron chi connectivity index (χ2n) is 12.1. The van der Waals surface area contributed by atoms with Gasteiger partial charge in [0.1, 0.15) is 11.2 Å². The van der Waals surface area contributed by atoms with Gasteiger partial charge in [-0.25, -0.2) is 0 Å². The Morgan fingerprint density at radius 2 is 1.02 bits per heavy atom. The summed E-state index contributed by atoms with van der Waals surface area (Å²) in [7, 11) is 0. The first kappa shape index (κ1) is 21.5. The molecule has 0 bridgehead atoms. The molecule has 1 nitrogen and oxygen atoms in total. The summed E-state index contributed by atoms with van der Waals surface area (Å²) in [6.07, 6.45) is 0. The van der Waals surface area contributed by atoms with Crippen LogP contribution < -0.4 is 0 Å². The van der Waals surface area contributed by atoms with E-state index < -0.39 is 6.04 Å². The van der Waals surface area contributed by atoms with E-state index in [0.717, 1.165) is 54.6 Å². The van der Waals surface area contributed by atoms with Crippen LogP contribution >= 0.6 is 0 Å². The van der Waals surface area contributed by atoms with Crippen molar-refractivity contribution in [3.8, 4) is 33.4 Å². The van der Waals surface area contributed by atoms with E-state index >= 15 is 0 Å². The smallest absolute Gasteiger partial charge is 0.143 e. The molecule has 9 aromatic carbocycles. The van der Waals surface area contributed by atoms with Crippen molar-refractivity contribution in [1.29, 1.82) is 0 Å². The molecular formula is C46H28O. The quantitative estimate of drug-likeness (QED) is 0.184. The molecule has 0 amide bonds. The van der Waals surface area contributed by atoms with Gasteiger partial charge < -0.3 is 4.42 Å². The summed E-state index contributed by atoms with van der Waals surface area (Å²) in [6.45, 7) is 0. The number of hydrogen-bond donors (Lipinski definition) is 0. The summed E-state index contributed by atoms with van der Waals surface area (Å²) < 4.78 is 48.0. The lowest BCUT2D eigenvalue weighted by Gasteiger charge is -2.18. The summed E-state index contributed by atoms with van der Waals surface area (Å²) in [6, 6.07) is 47.0. The Labute approximate surface area is 279 Å². The molecule has 1 heteroatoms. The fraction of sp³-hybridized carbons (Fsp3) is 0. The van der Waals surface area contributed by atoms with E-state index in [1.165, 1.54) is 32.7 Å². The maximum absolute atomic E-state index is 8.51. The predicted octanol–water partition coefficient (Wildman–Crippen LogP) is 13.2. The second-order valence-corrected chi connectivity index (χ2v) is 12.1. The first-order chi connectivity index (χ1) is 25.4. The molecule has 47 heavy (non-hydrogen) atoms. The average molecular weight is 602 g/mol. The summed E-state index contributed by atoms with van der Waals surface area (Å²) in [5.41, 5.74) is 6.90. The van der Waals surface area contributed by atoms with Gasteiger partial charge in [0.15, 0.2) is 0 Å². The first-order valence-electron chi connectivity index (χ1n) is 18.3. The van der Waals surface area contributed by atoms with Crippen LogP contribution in [0.1, 0.15) is 6.85 Å². The van der Waals surface area contributed by atoms with Gasteiger partial charge in [0, 0.05) is 16.2 Å². The van der Waals surface area contributed by atoms with Crippen LogP contribution in [0.5, 0.6) is 0 Å². The Bertz CT molecular complexity index is 3050. The fourth-order valence-corrected chi connectivity index (χ4v) is 7.44. The molecule has 1 heterocycles. The minimum Gasteiger partial charge on any atom is -0.455 e. The van der Waals surface area contributed by atoms with Crippen LogP contribution in [-0.2, 0) is 0 Å². The van der Waals surface area contributed by atoms with E-state index in [9.17, 15) is 0 Å². The minimum absolute atomic E-state index is 0.186. The highest BCUT2D eigenvalue weighted by atomic mass is 16.3. The van der Waals surface area contributed by atoms with Crippen molar-refractivity contribution in [1.82, 2.24) is 0 Å². The van der Waals surface area contributed by atoms with Gasteiger partial charge in [0.25, 0.3) is 0 Å². The van der Waals surface area contributed by atoms with E-state index in [2.05, 4.69) is 109 Å². The number of hydrogen-bond acceptors (Lipinski definition) is 1. The zero-order chi connectivity index (χ0) is 35.2. The Balaban J connectivity index is 1.23. The highest BCUT2D eigenvalue weighted by molar-refractivity contribution is 6.27. The highest BCUT2D eigenvalue weighted by Gasteiger charge is 2.21. The Hall–Kier alpha value is -6.18. The molecule has 0 saturated carbocycles. The fourth-order valence-electron chi connectivity index (χ4n) is 7.44. The van der Waals surface area contributed by atoms with Gasteiger partial charge in [-0.1, -0.05) is 139 Å². The highest BCUT2D eigenvalue weighted by Crippen LogP contribution is 2.47. The van der Waals surface area contributed by atoms with Crippen LogP contribution in [0.25, 0.3) is 98.4 Å². The van der Waals surface area contributed by atoms with Crippen molar-refractivity contribution in [2.24, 2.45) is 0 Å². The molecule has 0 N–H and O–H groups in total. The standard InChI is InChI=1S/C46H28O/c1-2-11-29(12-3-1)32-23-25-35-33(27-32)24-26-41-45-40(19-10-20-42(45)47-46(35)41)44-38-17-8-6-15-36(38)43(37-16-7-9-18-39(37)44)34-22-21-30-13-4-5-14-31(30)28-34/h1-28H/i1D,2D,3D,11D,12D. The molecule has 1 aromatic heterocycles. The molecule has 10 rings (SSSR count). The molecule has 0 aliphatic heterocycles. The third-order valence-corrected chi connectivity index (χ3v) is 9.51. The molecule has 218 valence electrons. The zero-order valence-corrected chi connectivity index (χ0v) is 25.2. The van der Waals surface area contributed by atoms with E-state index in [-0.39, 0.29) is 29.7 Å². The van der Waals surface area contributed by atoms with Gasteiger partial charge in [0.2, 0.25) is 0 Å². The van der Waals surface area contributed by atoms with Crippen LogP contribution in [0.3, 0.4) is 0 Å². The van der Waals surface area contributed by atoms with Crippen LogP contribution in [-0.4, -0.2) is 0 Å². The van der Waals surface area contributed by atoms with Crippen LogP contribution in [0.2, 0.25) is 0 Å². The Morgan fingerprint density at radius 3 is 1.79 bits per heavy atom. The molecule has 10 aromatic rings. The topological polar surface area (TPSA) is 13.1 Å². The average Bonchev–Trinajstić information content (AvgIpc) is 3.58. The second kappa shape index (κ2) is 10.2. The van der Waals surface area contributed by atoms with Gasteiger partial charge in [0.05, 0.1) is 6.85 Å². The van der Waals surface area contributed by atoms with E-state index in [0.29, 0.717) is 5.56 Å². The molecule has 0 unspecified atom stereocenters. The first-order valence-corrected chi connectivity index (χ1v) is 15.8. The monoisotopic (exact) mass is 601 g/mol. The normalized spacial score (nSPS) is 13.3. The van der Waals surface area contributed by atoms with Gasteiger partial charge >= 0.3 is 0 Å². The summed E-state index contributed by atoms with van der Waals surface area (Å²) in [4.78, 5) is 0. The van der Waals surface area contributed by atoms with Crippen molar-refractivity contribution < 1.29 is 11.3 Å². The van der Waals surface area contributed by atoms with Gasteiger partial charge in [-0.3, -0.25) is 0 Å². The molecule has 0 saturated heterocycles. The maximum Gasteiger partial charge on any atom is 0.143 e. The van der Waals surface area contributed by atoms with E-state index in [4.69, 9.17) is 11.3 Å². The van der Waals surface area contributed by atoms with Crippen molar-refractivity contribution in [3.05, 3.63) is 170 Å². The minimum atomic E-state index is -0.400. The molecule has 0 fully saturated rings. The third kappa shape index (κ3) is 3.97. The lowest BCUT2D eigenvalue weighted by atomic mass is 9.84. The number of furan rings is 1. The van der Waals surface area contributed by atoms with Crippen molar-refractivity contribution in [2.45, 2.75) is 0 Å². The molecular weight excluding hydrogens is 569 g/mol. The van der Waals surface area contributed by atoms with E-state index in [1.54, 1.807) is 0 Å². The van der Waals surface area contributed by atoms with Crippen LogP contribution in [0.15, 0.2) is 174 Å². The van der Waals surface area contributed by atoms with Crippen molar-refractivity contribution >= 4 is 65.0 Å². The lowest BCUT2D eigenvalue weighted by Crippen LogP contribution is -1.91. The van der Waals surface area contributed by atoms with Crippen LogP contribution in [0.4, 0.5) is 0 Å². The van der Waals surface area contributed by atoms with Crippen LogP contribution in [0, 0.1) is 0 Å². The largest absolute Gasteiger partial charge is 0.455 e. The lowest BCUT2D eigenvalue weighted by molar-refractivity contribution is 0.673. The molecule has 0 spiro atoms. The van der Waals surface area contributed by atoms with E-state index in [1.807, 2.05) is 30.3 Å². The molecule has 0 aliphatic rings. The summed E-state index contributed by atoms with van der Waals surface area (Å²) >= 11 is 0. The van der Waals surface area contributed by atoms with Crippen molar-refractivity contribution in [3.63, 3.8) is 0 Å². The molecule has 0 radical (unpaired) electrons. The van der Waals surface area contributed by atoms with Gasteiger partial charge in [-0.05, 0) is 101 Å². The zero-order valence-electron chi connectivity index (χ0n) is 30.2. The molecule has 0 atom stereocenters. The van der Waals surface area contributed by atoms with Gasteiger partial charge in [-0.2, -0.15) is 0 Å². The number of benzene rings is 9. The Morgan fingerprint density at radius 1 is 0.404 bits per heavy atom. The number of rotatable bonds is 3. The molecule has 0 aliphatic carbocycles. The van der Waals surface area contributed by atoms with Gasteiger partial charge in [-0.15, -0.1) is 0 Å². The summed E-state index contributed by atoms with van der Waals surface area (Å²) in [5.74, 6) is 0. The third-order valence-electron chi connectivity index (χ3n) is 9.51. The Kier molecular flexibility index (Phi) is 4.66. The number of fused-ring (bicyclic) bond motifs is 8.